The van der Waals surface area contributed by atoms with E-state index in [0.717, 1.165) is 27.6 Å². The number of piperidine rings is 2. The predicted octanol–water partition coefficient (Wildman–Crippen LogP) is 4.95. The van der Waals surface area contributed by atoms with Crippen LogP contribution in [0.1, 0.15) is 36.0 Å². The molecule has 2 aliphatic heterocycles. The average Bonchev–Trinajstić information content (AvgIpc) is 3.08. The molecule has 2 unspecified atom stereocenters. The number of amides is 2. The molecule has 0 radical (unpaired) electrons. The summed E-state index contributed by atoms with van der Waals surface area (Å²) in [5.41, 5.74) is 7.74. The molecule has 2 aliphatic rings. The summed E-state index contributed by atoms with van der Waals surface area (Å²) >= 11 is 2.02. The van der Waals surface area contributed by atoms with Gasteiger partial charge in [-0.05, 0) is 84.7 Å². The third-order valence-electron chi connectivity index (χ3n) is 9.18. The molecule has 0 spiro atoms. The van der Waals surface area contributed by atoms with Gasteiger partial charge in [0.25, 0.3) is 5.91 Å². The van der Waals surface area contributed by atoms with E-state index in [1.54, 1.807) is 18.5 Å². The first-order valence-electron chi connectivity index (χ1n) is 15.4. The van der Waals surface area contributed by atoms with Crippen LogP contribution in [0.15, 0.2) is 79.4 Å². The zero-order valence-corrected chi connectivity index (χ0v) is 27.1. The molecule has 4 heterocycles. The van der Waals surface area contributed by atoms with E-state index >= 15 is 4.39 Å². The van der Waals surface area contributed by atoms with Crippen LogP contribution in [0.3, 0.4) is 0 Å². The van der Waals surface area contributed by atoms with Crippen molar-refractivity contribution >= 4 is 67.8 Å². The molecular formula is C34H32FIN8O2. The lowest BCUT2D eigenvalue weighted by atomic mass is 9.90. The molecule has 2 N–H and O–H groups in total. The summed E-state index contributed by atoms with van der Waals surface area (Å²) in [4.78, 5) is 51.4. The van der Waals surface area contributed by atoms with E-state index in [1.165, 1.54) is 12.4 Å². The Hall–Kier alpha value is -4.46. The molecule has 7 rings (SSSR count). The highest BCUT2D eigenvalue weighted by Crippen LogP contribution is 2.35. The normalized spacial score (nSPS) is 19.0. The number of para-hydroxylation sites is 2. The fourth-order valence-corrected chi connectivity index (χ4v) is 7.70. The Balaban J connectivity index is 1.20. The number of benzene rings is 3. The molecule has 2 aromatic heterocycles. The van der Waals surface area contributed by atoms with Crippen molar-refractivity contribution in [2.45, 2.75) is 43.8 Å². The van der Waals surface area contributed by atoms with Crippen molar-refractivity contribution in [1.82, 2.24) is 24.8 Å². The van der Waals surface area contributed by atoms with Gasteiger partial charge in [-0.2, -0.15) is 0 Å². The smallest absolute Gasteiger partial charge is 0.258 e. The Morgan fingerprint density at radius 1 is 0.783 bits per heavy atom. The monoisotopic (exact) mass is 730 g/mol. The number of primary amides is 1. The lowest BCUT2D eigenvalue weighted by molar-refractivity contribution is -0.120. The van der Waals surface area contributed by atoms with Gasteiger partial charge in [0.2, 0.25) is 5.91 Å². The third-order valence-corrected chi connectivity index (χ3v) is 10.1. The minimum atomic E-state index is -0.709. The molecule has 0 saturated carbocycles. The maximum Gasteiger partial charge on any atom is 0.258 e. The molecular weight excluding hydrogens is 698 g/mol. The predicted molar refractivity (Wildman–Crippen MR) is 183 cm³/mol. The van der Waals surface area contributed by atoms with Gasteiger partial charge < -0.3 is 20.4 Å². The van der Waals surface area contributed by atoms with E-state index < -0.39 is 17.8 Å². The van der Waals surface area contributed by atoms with Crippen molar-refractivity contribution in [3.63, 3.8) is 0 Å². The Kier molecular flexibility index (Phi) is 8.36. The van der Waals surface area contributed by atoms with Crippen LogP contribution in [-0.4, -0.2) is 74.4 Å². The molecule has 0 aliphatic carbocycles. The highest BCUT2D eigenvalue weighted by molar-refractivity contribution is 14.1. The van der Waals surface area contributed by atoms with E-state index in [-0.39, 0.29) is 23.6 Å². The number of hydrogen-bond acceptors (Lipinski definition) is 8. The minimum Gasteiger partial charge on any atom is -0.368 e. The van der Waals surface area contributed by atoms with Crippen molar-refractivity contribution in [1.29, 1.82) is 0 Å². The summed E-state index contributed by atoms with van der Waals surface area (Å²) < 4.78 is 15.8. The highest BCUT2D eigenvalue weighted by Gasteiger charge is 2.42. The zero-order valence-electron chi connectivity index (χ0n) is 25.0. The molecule has 46 heavy (non-hydrogen) atoms. The van der Waals surface area contributed by atoms with Crippen LogP contribution in [0.4, 0.5) is 16.0 Å². The summed E-state index contributed by atoms with van der Waals surface area (Å²) in [5.74, 6) is 0.0981. The Morgan fingerprint density at radius 2 is 1.39 bits per heavy atom. The number of halogens is 2. The van der Waals surface area contributed by atoms with Gasteiger partial charge in [-0.1, -0.05) is 30.3 Å². The fraction of sp³-hybridized carbons (Fsp3) is 0.294. The summed E-state index contributed by atoms with van der Waals surface area (Å²) in [5, 5.41) is 1.80. The number of anilines is 2. The van der Waals surface area contributed by atoms with Crippen LogP contribution in [0, 0.1) is 9.39 Å². The number of carbonyl (C=O) groups is 2. The second kappa shape index (κ2) is 12.7. The molecule has 234 valence electrons. The van der Waals surface area contributed by atoms with Crippen LogP contribution in [0.2, 0.25) is 0 Å². The van der Waals surface area contributed by atoms with Gasteiger partial charge in [0.05, 0.1) is 16.6 Å². The number of fused-ring (bicyclic) bond motifs is 2. The van der Waals surface area contributed by atoms with Gasteiger partial charge in [0.1, 0.15) is 36.1 Å². The Bertz CT molecular complexity index is 1900. The largest absolute Gasteiger partial charge is 0.368 e. The van der Waals surface area contributed by atoms with E-state index in [9.17, 15) is 9.59 Å². The van der Waals surface area contributed by atoms with Crippen molar-refractivity contribution in [2.75, 3.05) is 29.4 Å². The third kappa shape index (κ3) is 5.59. The first kappa shape index (κ1) is 30.2. The number of aromatic nitrogens is 4. The average molecular weight is 731 g/mol. The van der Waals surface area contributed by atoms with Crippen molar-refractivity contribution in [3.05, 3.63) is 94.3 Å². The SMILES string of the molecule is NC(=O)C1CC(N(C(=O)c2c(F)cccc2I)C2CCN(c3ncnc4ccccc34)CC2)CCN1c1ncnc2ccccc12. The lowest BCUT2D eigenvalue weighted by Crippen LogP contribution is -2.59. The first-order chi connectivity index (χ1) is 22.4. The maximum atomic E-state index is 15.3. The topological polar surface area (TPSA) is 121 Å². The molecule has 2 fully saturated rings. The van der Waals surface area contributed by atoms with Gasteiger partial charge in [-0.3, -0.25) is 9.59 Å². The molecule has 0 bridgehead atoms. The standard InChI is InChI=1S/C34H32FIN8O2/c35-25-8-5-9-26(36)30(25)34(46)44(21-12-15-42(16-13-21)32-23-6-1-3-10-27(23)38-19-40-32)22-14-17-43(29(18-22)31(37)45)33-24-7-2-4-11-28(24)39-20-41-33/h1-11,19-22,29H,12-18H2,(H2,37,45). The quantitative estimate of drug-likeness (QED) is 0.244. The van der Waals surface area contributed by atoms with E-state index in [4.69, 9.17) is 5.73 Å². The van der Waals surface area contributed by atoms with Crippen LogP contribution >= 0.6 is 22.6 Å². The van der Waals surface area contributed by atoms with Crippen LogP contribution in [0.25, 0.3) is 21.8 Å². The maximum absolute atomic E-state index is 15.3. The first-order valence-corrected chi connectivity index (χ1v) is 16.5. The number of nitrogens with zero attached hydrogens (tertiary/aromatic N) is 7. The summed E-state index contributed by atoms with van der Waals surface area (Å²) in [6.45, 7) is 1.77. The Labute approximate surface area is 279 Å². The van der Waals surface area contributed by atoms with Gasteiger partial charge in [-0.25, -0.2) is 24.3 Å². The summed E-state index contributed by atoms with van der Waals surface area (Å²) in [6.07, 6.45) is 5.27. The van der Waals surface area contributed by atoms with Crippen molar-refractivity contribution in [3.8, 4) is 0 Å². The lowest BCUT2D eigenvalue weighted by Gasteiger charge is -2.47. The van der Waals surface area contributed by atoms with Crippen molar-refractivity contribution < 1.29 is 14.0 Å². The Morgan fingerprint density at radius 3 is 2.04 bits per heavy atom. The minimum absolute atomic E-state index is 0.0622. The van der Waals surface area contributed by atoms with Gasteiger partial charge in [-0.15, -0.1) is 0 Å². The van der Waals surface area contributed by atoms with E-state index in [1.807, 2.05) is 80.9 Å². The zero-order chi connectivity index (χ0) is 31.8. The van der Waals surface area contributed by atoms with Gasteiger partial charge in [0.15, 0.2) is 0 Å². The summed E-state index contributed by atoms with van der Waals surface area (Å²) in [6, 6.07) is 19.0. The molecule has 5 aromatic rings. The van der Waals surface area contributed by atoms with Crippen LogP contribution in [0.5, 0.6) is 0 Å². The number of hydrogen-bond donors (Lipinski definition) is 1. The molecule has 10 nitrogen and oxygen atoms in total. The van der Waals surface area contributed by atoms with Gasteiger partial charge in [0, 0.05) is 46.1 Å². The fourth-order valence-electron chi connectivity index (χ4n) is 7.00. The number of carbonyl (C=O) groups excluding carboxylic acids is 2. The molecule has 2 amide bonds. The molecule has 12 heteroatoms. The highest BCUT2D eigenvalue weighted by atomic mass is 127. The second-order valence-electron chi connectivity index (χ2n) is 11.7. The van der Waals surface area contributed by atoms with E-state index in [0.29, 0.717) is 54.7 Å². The number of rotatable bonds is 6. The van der Waals surface area contributed by atoms with Gasteiger partial charge >= 0.3 is 0 Å². The summed E-state index contributed by atoms with van der Waals surface area (Å²) in [7, 11) is 0. The number of nitrogens with two attached hydrogens (primary N) is 1. The molecule has 2 atom stereocenters. The van der Waals surface area contributed by atoms with Crippen molar-refractivity contribution in [2.24, 2.45) is 5.73 Å². The van der Waals surface area contributed by atoms with E-state index in [2.05, 4.69) is 24.8 Å². The second-order valence-corrected chi connectivity index (χ2v) is 12.9. The molecule has 3 aromatic carbocycles. The molecule has 2 saturated heterocycles. The van der Waals surface area contributed by atoms with Crippen LogP contribution < -0.4 is 15.5 Å². The van der Waals surface area contributed by atoms with Crippen LogP contribution in [-0.2, 0) is 4.79 Å².